The van der Waals surface area contributed by atoms with Crippen LogP contribution in [0, 0.1) is 6.92 Å². The number of nitrogens with one attached hydrogen (secondary N) is 2. The number of carbonyl (C=O) groups is 3. The molecule has 0 fully saturated rings. The molecule has 0 spiro atoms. The summed E-state index contributed by atoms with van der Waals surface area (Å²) in [5.74, 6) is -0.581. The van der Waals surface area contributed by atoms with Crippen molar-refractivity contribution in [1.29, 1.82) is 0 Å². The van der Waals surface area contributed by atoms with Crippen molar-refractivity contribution in [2.45, 2.75) is 19.9 Å². The highest BCUT2D eigenvalue weighted by Crippen LogP contribution is 2.29. The van der Waals surface area contributed by atoms with E-state index in [1.807, 2.05) is 19.1 Å². The first-order valence-electron chi connectivity index (χ1n) is 9.62. The van der Waals surface area contributed by atoms with Gasteiger partial charge in [0, 0.05) is 29.0 Å². The first-order valence-corrected chi connectivity index (χ1v) is 10.00. The van der Waals surface area contributed by atoms with Crippen LogP contribution >= 0.6 is 11.6 Å². The summed E-state index contributed by atoms with van der Waals surface area (Å²) in [6.45, 7) is 3.29. The zero-order chi connectivity index (χ0) is 22.4. The second kappa shape index (κ2) is 9.91. The highest BCUT2D eigenvalue weighted by Gasteiger charge is 2.28. The molecule has 7 heteroatoms. The Morgan fingerprint density at radius 2 is 1.58 bits per heavy atom. The topological polar surface area (TPSA) is 78.5 Å². The highest BCUT2D eigenvalue weighted by molar-refractivity contribution is 6.31. The molecule has 2 N–H and O–H groups in total. The van der Waals surface area contributed by atoms with Crippen molar-refractivity contribution in [2.24, 2.45) is 0 Å². The van der Waals surface area contributed by atoms with Gasteiger partial charge < -0.3 is 10.6 Å². The zero-order valence-corrected chi connectivity index (χ0v) is 17.9. The van der Waals surface area contributed by atoms with Gasteiger partial charge in [0.2, 0.25) is 12.3 Å². The summed E-state index contributed by atoms with van der Waals surface area (Å²) < 4.78 is 0. The highest BCUT2D eigenvalue weighted by atomic mass is 35.5. The second-order valence-corrected chi connectivity index (χ2v) is 7.41. The molecule has 31 heavy (non-hydrogen) atoms. The van der Waals surface area contributed by atoms with Gasteiger partial charge in [-0.05, 0) is 54.4 Å². The van der Waals surface area contributed by atoms with Gasteiger partial charge in [0.05, 0.1) is 0 Å². The third kappa shape index (κ3) is 5.49. The molecule has 3 rings (SSSR count). The molecule has 1 atom stereocenters. The number of hydrogen-bond acceptors (Lipinski definition) is 3. The molecule has 3 aromatic rings. The Labute approximate surface area is 185 Å². The van der Waals surface area contributed by atoms with E-state index in [0.717, 1.165) is 5.56 Å². The molecule has 3 amide bonds. The van der Waals surface area contributed by atoms with Crippen LogP contribution in [0.5, 0.6) is 0 Å². The van der Waals surface area contributed by atoms with Crippen LogP contribution in [0.15, 0.2) is 72.8 Å². The summed E-state index contributed by atoms with van der Waals surface area (Å²) in [6.07, 6.45) is 0.618. The number of rotatable bonds is 7. The molecule has 0 bridgehead atoms. The largest absolute Gasteiger partial charge is 0.326 e. The van der Waals surface area contributed by atoms with E-state index in [2.05, 4.69) is 10.6 Å². The van der Waals surface area contributed by atoms with E-state index in [-0.39, 0.29) is 11.8 Å². The molecule has 0 aromatic heterocycles. The molecule has 0 saturated heterocycles. The van der Waals surface area contributed by atoms with Crippen LogP contribution in [-0.2, 0) is 14.4 Å². The Hall–Kier alpha value is -3.64. The average Bonchev–Trinajstić information content (AvgIpc) is 2.75. The normalized spacial score (nSPS) is 11.3. The third-order valence-corrected chi connectivity index (χ3v) is 5.09. The van der Waals surface area contributed by atoms with E-state index in [1.165, 1.54) is 11.8 Å². The summed E-state index contributed by atoms with van der Waals surface area (Å²) in [5, 5.41) is 6.06. The molecule has 6 nitrogen and oxygen atoms in total. The minimum Gasteiger partial charge on any atom is -0.326 e. The lowest BCUT2D eigenvalue weighted by molar-refractivity contribution is -0.119. The minimum absolute atomic E-state index is 0.196. The van der Waals surface area contributed by atoms with Crippen LogP contribution < -0.4 is 15.5 Å². The molecular formula is C24H22ClN3O3. The molecule has 1 unspecified atom stereocenters. The van der Waals surface area contributed by atoms with Crippen molar-refractivity contribution < 1.29 is 14.4 Å². The van der Waals surface area contributed by atoms with Crippen LogP contribution in [0.1, 0.15) is 24.1 Å². The fraction of sp³-hybridized carbons (Fsp3) is 0.125. The summed E-state index contributed by atoms with van der Waals surface area (Å²) in [6, 6.07) is 20.0. The van der Waals surface area contributed by atoms with Crippen LogP contribution in [0.3, 0.4) is 0 Å². The zero-order valence-electron chi connectivity index (χ0n) is 17.1. The molecule has 0 saturated carbocycles. The van der Waals surface area contributed by atoms with Gasteiger partial charge in [-0.15, -0.1) is 0 Å². The second-order valence-electron chi connectivity index (χ2n) is 7.01. The number of carbonyl (C=O) groups excluding carboxylic acids is 3. The van der Waals surface area contributed by atoms with E-state index >= 15 is 0 Å². The number of halogens is 1. The van der Waals surface area contributed by atoms with Crippen molar-refractivity contribution in [2.75, 3.05) is 15.5 Å². The summed E-state index contributed by atoms with van der Waals surface area (Å²) in [7, 11) is 0. The van der Waals surface area contributed by atoms with Gasteiger partial charge in [-0.1, -0.05) is 48.0 Å². The van der Waals surface area contributed by atoms with Crippen LogP contribution in [0.25, 0.3) is 0 Å². The summed E-state index contributed by atoms with van der Waals surface area (Å²) >= 11 is 6.18. The standard InChI is InChI=1S/C24H22ClN3O3/c1-16-8-9-20(14-22(16)25)27-24(31)23(18-6-4-3-5-7-18)28(15-29)21-12-10-19(11-13-21)26-17(2)30/h3-15,23H,1-2H3,(H,26,30)(H,27,31). The molecule has 0 aliphatic heterocycles. The fourth-order valence-corrected chi connectivity index (χ4v) is 3.33. The Bertz CT molecular complexity index is 1080. The average molecular weight is 436 g/mol. The van der Waals surface area contributed by atoms with Gasteiger partial charge in [-0.2, -0.15) is 0 Å². The third-order valence-electron chi connectivity index (χ3n) is 4.68. The number of aryl methyl sites for hydroxylation is 1. The maximum Gasteiger partial charge on any atom is 0.252 e. The van der Waals surface area contributed by atoms with Gasteiger partial charge in [0.25, 0.3) is 5.91 Å². The van der Waals surface area contributed by atoms with Gasteiger partial charge in [-0.25, -0.2) is 0 Å². The summed E-state index contributed by atoms with van der Waals surface area (Å²) in [4.78, 5) is 38.0. The van der Waals surface area contributed by atoms with Gasteiger partial charge in [-0.3, -0.25) is 19.3 Å². The number of nitrogens with zero attached hydrogens (tertiary/aromatic N) is 1. The van der Waals surface area contributed by atoms with Crippen molar-refractivity contribution in [3.8, 4) is 0 Å². The molecule has 158 valence electrons. The van der Waals surface area contributed by atoms with Crippen LogP contribution in [0.4, 0.5) is 17.1 Å². The van der Waals surface area contributed by atoms with Crippen LogP contribution in [-0.4, -0.2) is 18.2 Å². The first-order chi connectivity index (χ1) is 14.9. The van der Waals surface area contributed by atoms with E-state index in [1.54, 1.807) is 60.7 Å². The summed E-state index contributed by atoms with van der Waals surface area (Å²) in [5.41, 5.74) is 3.19. The fourth-order valence-electron chi connectivity index (χ4n) is 3.15. The van der Waals surface area contributed by atoms with Crippen molar-refractivity contribution >= 4 is 46.9 Å². The van der Waals surface area contributed by atoms with Crippen LogP contribution in [0.2, 0.25) is 5.02 Å². The molecule has 0 aliphatic carbocycles. The number of amides is 3. The predicted molar refractivity (Wildman–Crippen MR) is 123 cm³/mol. The SMILES string of the molecule is CC(=O)Nc1ccc(N(C=O)C(C(=O)Nc2ccc(C)c(Cl)c2)c2ccccc2)cc1. The maximum atomic E-state index is 13.3. The van der Waals surface area contributed by atoms with Crippen molar-refractivity contribution in [1.82, 2.24) is 0 Å². The molecular weight excluding hydrogens is 414 g/mol. The number of anilines is 3. The predicted octanol–water partition coefficient (Wildman–Crippen LogP) is 4.95. The monoisotopic (exact) mass is 435 g/mol. The first kappa shape index (κ1) is 22.1. The Morgan fingerprint density at radius 1 is 0.935 bits per heavy atom. The molecule has 0 heterocycles. The molecule has 3 aromatic carbocycles. The number of hydrogen-bond donors (Lipinski definition) is 2. The van der Waals surface area contributed by atoms with E-state index in [0.29, 0.717) is 34.1 Å². The van der Waals surface area contributed by atoms with Gasteiger partial charge >= 0.3 is 0 Å². The van der Waals surface area contributed by atoms with Gasteiger partial charge in [0.15, 0.2) is 0 Å². The molecule has 0 radical (unpaired) electrons. The van der Waals surface area contributed by atoms with E-state index in [9.17, 15) is 14.4 Å². The van der Waals surface area contributed by atoms with E-state index < -0.39 is 6.04 Å². The Balaban J connectivity index is 1.95. The van der Waals surface area contributed by atoms with Crippen molar-refractivity contribution in [3.63, 3.8) is 0 Å². The molecule has 0 aliphatic rings. The lowest BCUT2D eigenvalue weighted by Gasteiger charge is -2.28. The van der Waals surface area contributed by atoms with E-state index in [4.69, 9.17) is 11.6 Å². The van der Waals surface area contributed by atoms with Crippen molar-refractivity contribution in [3.05, 3.63) is 88.9 Å². The minimum atomic E-state index is -0.912. The van der Waals surface area contributed by atoms with Gasteiger partial charge in [0.1, 0.15) is 6.04 Å². The quantitative estimate of drug-likeness (QED) is 0.515. The smallest absolute Gasteiger partial charge is 0.252 e. The maximum absolute atomic E-state index is 13.3. The number of benzene rings is 3. The Kier molecular flexibility index (Phi) is 7.05. The lowest BCUT2D eigenvalue weighted by atomic mass is 10.0. The Morgan fingerprint density at radius 3 is 2.16 bits per heavy atom. The lowest BCUT2D eigenvalue weighted by Crippen LogP contribution is -2.36.